The highest BCUT2D eigenvalue weighted by Gasteiger charge is 2.33. The number of benzene rings is 2. The molecule has 2 aromatic heterocycles. The number of nitro benzene ring substituents is 1. The van der Waals surface area contributed by atoms with Crippen molar-refractivity contribution in [1.29, 1.82) is 0 Å². The predicted octanol–water partition coefficient (Wildman–Crippen LogP) is 4.70. The van der Waals surface area contributed by atoms with Crippen molar-refractivity contribution in [3.05, 3.63) is 63.8 Å². The van der Waals surface area contributed by atoms with Gasteiger partial charge in [0.05, 0.1) is 35.4 Å². The Bertz CT molecular complexity index is 1350. The number of phenols is 1. The number of nitro groups is 1. The smallest absolute Gasteiger partial charge is 0.416 e. The molecule has 1 atom stereocenters. The van der Waals surface area contributed by atoms with Gasteiger partial charge in [-0.15, -0.1) is 0 Å². The van der Waals surface area contributed by atoms with Gasteiger partial charge in [0, 0.05) is 29.7 Å². The van der Waals surface area contributed by atoms with Gasteiger partial charge in [-0.25, -0.2) is 9.50 Å². The number of fused-ring (bicyclic) bond motifs is 3. The molecule has 2 N–H and O–H groups in total. The van der Waals surface area contributed by atoms with Gasteiger partial charge >= 0.3 is 6.18 Å². The number of hydrogen-bond acceptors (Lipinski definition) is 7. The van der Waals surface area contributed by atoms with E-state index in [4.69, 9.17) is 4.74 Å². The van der Waals surface area contributed by atoms with E-state index in [1.807, 2.05) is 0 Å². The van der Waals surface area contributed by atoms with Crippen LogP contribution in [0, 0.1) is 10.1 Å². The minimum Gasteiger partial charge on any atom is -0.504 e. The lowest BCUT2D eigenvalue weighted by Gasteiger charge is -2.19. The molecule has 0 aliphatic rings. The summed E-state index contributed by atoms with van der Waals surface area (Å²) in [4.78, 5) is 14.7. The Morgan fingerprint density at radius 3 is 2.66 bits per heavy atom. The van der Waals surface area contributed by atoms with Gasteiger partial charge < -0.3 is 15.2 Å². The van der Waals surface area contributed by atoms with Gasteiger partial charge in [0.25, 0.3) is 5.69 Å². The number of halogens is 3. The Hall–Kier alpha value is -4.09. The number of non-ortho nitro benzene ring substituents is 1. The van der Waals surface area contributed by atoms with E-state index in [-0.39, 0.29) is 22.9 Å². The Balaban J connectivity index is 1.83. The summed E-state index contributed by atoms with van der Waals surface area (Å²) in [6.45, 7) is 1.55. The fourth-order valence-electron chi connectivity index (χ4n) is 3.38. The van der Waals surface area contributed by atoms with Crippen LogP contribution < -0.4 is 10.1 Å². The quantitative estimate of drug-likeness (QED) is 0.337. The molecule has 0 saturated heterocycles. The fraction of sp³-hybridized carbons (Fsp3) is 0.200. The second-order valence-electron chi connectivity index (χ2n) is 7.04. The van der Waals surface area contributed by atoms with Gasteiger partial charge in [-0.1, -0.05) is 0 Å². The monoisotopic (exact) mass is 447 g/mol. The van der Waals surface area contributed by atoms with E-state index in [1.165, 1.54) is 23.9 Å². The first kappa shape index (κ1) is 21.2. The van der Waals surface area contributed by atoms with Crippen molar-refractivity contribution in [2.24, 2.45) is 0 Å². The maximum absolute atomic E-state index is 13.3. The van der Waals surface area contributed by atoms with Gasteiger partial charge in [-0.2, -0.15) is 18.3 Å². The lowest BCUT2D eigenvalue weighted by atomic mass is 10.0. The highest BCUT2D eigenvalue weighted by molar-refractivity contribution is 5.93. The number of ether oxygens (including phenoxy) is 1. The Kier molecular flexibility index (Phi) is 4.99. The van der Waals surface area contributed by atoms with Gasteiger partial charge in [-0.05, 0) is 24.6 Å². The second-order valence-corrected chi connectivity index (χ2v) is 7.04. The van der Waals surface area contributed by atoms with Crippen LogP contribution in [-0.4, -0.2) is 31.7 Å². The zero-order chi connectivity index (χ0) is 23.2. The molecule has 0 spiro atoms. The summed E-state index contributed by atoms with van der Waals surface area (Å²) >= 11 is 0. The zero-order valence-electron chi connectivity index (χ0n) is 16.7. The number of alkyl halides is 3. The minimum atomic E-state index is -4.75. The fourth-order valence-corrected chi connectivity index (χ4v) is 3.38. The predicted molar refractivity (Wildman–Crippen MR) is 109 cm³/mol. The average molecular weight is 447 g/mol. The zero-order valence-corrected chi connectivity index (χ0v) is 16.7. The van der Waals surface area contributed by atoms with Crippen molar-refractivity contribution in [1.82, 2.24) is 14.6 Å². The molecule has 166 valence electrons. The topological polar surface area (TPSA) is 115 Å². The number of methoxy groups -OCH3 is 1. The maximum Gasteiger partial charge on any atom is 0.416 e. The van der Waals surface area contributed by atoms with E-state index in [1.54, 1.807) is 19.1 Å². The first-order valence-electron chi connectivity index (χ1n) is 9.26. The molecular weight excluding hydrogens is 431 g/mol. The molecule has 32 heavy (non-hydrogen) atoms. The normalized spacial score (nSPS) is 12.8. The largest absolute Gasteiger partial charge is 0.504 e. The van der Waals surface area contributed by atoms with E-state index < -0.39 is 28.4 Å². The molecule has 0 saturated carbocycles. The van der Waals surface area contributed by atoms with Crippen LogP contribution in [0.25, 0.3) is 16.6 Å². The highest BCUT2D eigenvalue weighted by Crippen LogP contribution is 2.37. The lowest BCUT2D eigenvalue weighted by Crippen LogP contribution is -2.12. The van der Waals surface area contributed by atoms with Crippen LogP contribution in [0.5, 0.6) is 11.5 Å². The van der Waals surface area contributed by atoms with Crippen LogP contribution in [-0.2, 0) is 6.18 Å². The Labute approximate surface area is 178 Å². The van der Waals surface area contributed by atoms with E-state index in [0.29, 0.717) is 22.6 Å². The molecule has 2 aromatic carbocycles. The summed E-state index contributed by atoms with van der Waals surface area (Å²) in [6, 6.07) is 6.21. The summed E-state index contributed by atoms with van der Waals surface area (Å²) in [6.07, 6.45) is -3.23. The average Bonchev–Trinajstić information content (AvgIpc) is 3.21. The molecule has 9 nitrogen and oxygen atoms in total. The SMILES string of the molecule is COc1cc2c(cc1O)c(N[C@H](C)c1cc([N+](=O)[O-])cc(C(F)(F)F)c1)nc1ccnn12. The third-order valence-corrected chi connectivity index (χ3v) is 4.96. The molecule has 4 rings (SSSR count). The molecule has 12 heteroatoms. The number of rotatable bonds is 5. The van der Waals surface area contributed by atoms with E-state index >= 15 is 0 Å². The van der Waals surface area contributed by atoms with Gasteiger partial charge in [-0.3, -0.25) is 10.1 Å². The summed E-state index contributed by atoms with van der Waals surface area (Å²) in [5.74, 6) is 0.283. The van der Waals surface area contributed by atoms with Crippen molar-refractivity contribution in [3.63, 3.8) is 0 Å². The van der Waals surface area contributed by atoms with Crippen molar-refractivity contribution in [2.45, 2.75) is 19.1 Å². The van der Waals surface area contributed by atoms with Crippen LogP contribution in [0.15, 0.2) is 42.6 Å². The molecule has 4 aromatic rings. The highest BCUT2D eigenvalue weighted by atomic mass is 19.4. The maximum atomic E-state index is 13.3. The third-order valence-electron chi connectivity index (χ3n) is 4.96. The van der Waals surface area contributed by atoms with Crippen LogP contribution in [0.4, 0.5) is 24.7 Å². The number of nitrogens with zero attached hydrogens (tertiary/aromatic N) is 4. The second kappa shape index (κ2) is 7.55. The summed E-state index contributed by atoms with van der Waals surface area (Å²) in [5.41, 5.74) is -0.779. The van der Waals surface area contributed by atoms with E-state index in [9.17, 15) is 28.4 Å². The number of phenolic OH excluding ortho intramolecular Hbond substituents is 1. The number of hydrogen-bond donors (Lipinski definition) is 2. The number of aromatic nitrogens is 3. The van der Waals surface area contributed by atoms with Crippen molar-refractivity contribution in [3.8, 4) is 11.5 Å². The first-order valence-corrected chi connectivity index (χ1v) is 9.26. The van der Waals surface area contributed by atoms with Crippen molar-refractivity contribution >= 4 is 28.1 Å². The molecule has 0 unspecified atom stereocenters. The Morgan fingerprint density at radius 1 is 1.25 bits per heavy atom. The molecular formula is C20H16F3N5O4. The summed E-state index contributed by atoms with van der Waals surface area (Å²) in [5, 5.41) is 29.0. The number of nitrogens with one attached hydrogen (secondary N) is 1. The van der Waals surface area contributed by atoms with Gasteiger partial charge in [0.15, 0.2) is 17.1 Å². The summed E-state index contributed by atoms with van der Waals surface area (Å²) in [7, 11) is 1.39. The molecule has 0 radical (unpaired) electrons. The molecule has 0 fully saturated rings. The van der Waals surface area contributed by atoms with Crippen LogP contribution >= 0.6 is 0 Å². The molecule has 0 bridgehead atoms. The molecule has 0 aliphatic carbocycles. The first-order chi connectivity index (χ1) is 15.1. The van der Waals surface area contributed by atoms with Crippen molar-refractivity contribution < 1.29 is 27.9 Å². The van der Waals surface area contributed by atoms with Crippen LogP contribution in [0.1, 0.15) is 24.1 Å². The van der Waals surface area contributed by atoms with E-state index in [2.05, 4.69) is 15.4 Å². The summed E-state index contributed by atoms with van der Waals surface area (Å²) < 4.78 is 46.4. The minimum absolute atomic E-state index is 0.0487. The third kappa shape index (κ3) is 3.70. The Morgan fingerprint density at radius 2 is 2.00 bits per heavy atom. The number of aromatic hydroxyl groups is 1. The van der Waals surface area contributed by atoms with Gasteiger partial charge in [0.1, 0.15) is 5.82 Å². The standard InChI is InChI=1S/C20H16F3N5O4/c1-10(11-5-12(20(21,22)23)7-13(6-11)28(30)31)25-19-14-8-16(29)17(32-2)9-15(14)27-18(26-19)3-4-24-27/h3-10,29H,1-2H3,(H,25,26)/t10-/m1/s1. The van der Waals surface area contributed by atoms with E-state index in [0.717, 1.165) is 12.1 Å². The van der Waals surface area contributed by atoms with Crippen molar-refractivity contribution in [2.75, 3.05) is 12.4 Å². The lowest BCUT2D eigenvalue weighted by molar-refractivity contribution is -0.385. The van der Waals surface area contributed by atoms with Crippen LogP contribution in [0.2, 0.25) is 0 Å². The molecule has 2 heterocycles. The molecule has 0 aliphatic heterocycles. The molecule has 0 amide bonds. The number of anilines is 1. The van der Waals surface area contributed by atoms with Gasteiger partial charge in [0.2, 0.25) is 0 Å². The van der Waals surface area contributed by atoms with Crippen LogP contribution in [0.3, 0.4) is 0 Å².